The first kappa shape index (κ1) is 24.6. The third-order valence-electron chi connectivity index (χ3n) is 5.35. The van der Waals surface area contributed by atoms with Gasteiger partial charge in [0, 0.05) is 19.2 Å². The topological polar surface area (TPSA) is 143 Å². The minimum absolute atomic E-state index is 0.226. The average molecular weight is 494 g/mol. The number of ether oxygens (including phenoxy) is 4. The molecule has 2 heterocycles. The van der Waals surface area contributed by atoms with Crippen LogP contribution >= 0.6 is 0 Å². The maximum absolute atomic E-state index is 12.8. The highest BCUT2D eigenvalue weighted by Crippen LogP contribution is 2.34. The van der Waals surface area contributed by atoms with Gasteiger partial charge in [0.25, 0.3) is 5.56 Å². The molecule has 0 amide bonds. The number of aromatic nitrogens is 2. The van der Waals surface area contributed by atoms with E-state index in [2.05, 4.69) is 4.98 Å². The fraction of sp³-hybridized carbons (Fsp3) is 0.240. The normalized spacial score (nSPS) is 20.9. The summed E-state index contributed by atoms with van der Waals surface area (Å²) >= 11 is 0. The summed E-state index contributed by atoms with van der Waals surface area (Å²) in [6.45, 7) is 0.762. The van der Waals surface area contributed by atoms with Gasteiger partial charge in [0.05, 0.1) is 11.1 Å². The summed E-state index contributed by atoms with van der Waals surface area (Å²) in [6.07, 6.45) is -3.78. The number of hydrogen-bond donors (Lipinski definition) is 1. The number of carbonyl (C=O) groups is 3. The van der Waals surface area contributed by atoms with Crippen LogP contribution in [-0.2, 0) is 23.7 Å². The summed E-state index contributed by atoms with van der Waals surface area (Å²) < 4.78 is 23.4. The van der Waals surface area contributed by atoms with E-state index >= 15 is 0 Å². The highest BCUT2D eigenvalue weighted by Gasteiger charge is 2.51. The lowest BCUT2D eigenvalue weighted by molar-refractivity contribution is -0.156. The Balaban J connectivity index is 1.65. The second kappa shape index (κ2) is 10.8. The minimum atomic E-state index is -1.29. The number of H-pyrrole nitrogens is 1. The van der Waals surface area contributed by atoms with Gasteiger partial charge in [0.1, 0.15) is 12.7 Å². The molecule has 1 saturated heterocycles. The number of benzene rings is 2. The van der Waals surface area contributed by atoms with Gasteiger partial charge in [-0.25, -0.2) is 14.4 Å². The van der Waals surface area contributed by atoms with Gasteiger partial charge >= 0.3 is 23.6 Å². The number of aromatic amines is 1. The smallest absolute Gasteiger partial charge is 0.338 e. The van der Waals surface area contributed by atoms with Crippen molar-refractivity contribution in [2.75, 3.05) is 6.61 Å². The zero-order valence-corrected chi connectivity index (χ0v) is 19.1. The molecule has 0 radical (unpaired) electrons. The van der Waals surface area contributed by atoms with E-state index in [1.807, 2.05) is 0 Å². The Morgan fingerprint density at radius 1 is 0.861 bits per heavy atom. The third kappa shape index (κ3) is 5.58. The summed E-state index contributed by atoms with van der Waals surface area (Å²) in [4.78, 5) is 63.4. The van der Waals surface area contributed by atoms with Crippen LogP contribution in [0, 0.1) is 0 Å². The zero-order chi connectivity index (χ0) is 25.7. The maximum Gasteiger partial charge on any atom is 0.338 e. The van der Waals surface area contributed by atoms with Crippen molar-refractivity contribution in [2.24, 2.45) is 0 Å². The van der Waals surface area contributed by atoms with E-state index in [1.54, 1.807) is 48.5 Å². The molecule has 36 heavy (non-hydrogen) atoms. The molecule has 1 aliphatic heterocycles. The standard InChI is InChI=1S/C25H22N2O9/c1-15(28)34-21-20(36-24(31)17-10-6-3-7-11-17)18(14-33-23(30)16-8-4-2-5-9-16)35-22(21)27-13-12-19(29)26-25(27)32/h2-13,18,20-22H,14H2,1H3,(H,26,29,32)/t18-,20-,21-,22-/m1/s1. The molecule has 4 rings (SSSR count). The molecule has 11 nitrogen and oxygen atoms in total. The molecule has 0 aliphatic carbocycles. The van der Waals surface area contributed by atoms with Crippen LogP contribution in [0.5, 0.6) is 0 Å². The Labute approximate surface area is 204 Å². The van der Waals surface area contributed by atoms with E-state index in [0.717, 1.165) is 23.8 Å². The SMILES string of the molecule is CC(=O)O[C@@H]1[C@H](OC(=O)c2ccccc2)[C@@H](COC(=O)c2ccccc2)O[C@H]1n1ccc(=O)[nH]c1=O. The van der Waals surface area contributed by atoms with Gasteiger partial charge in [-0.05, 0) is 24.3 Å². The Bertz CT molecular complexity index is 1350. The molecular formula is C25H22N2O9. The third-order valence-corrected chi connectivity index (χ3v) is 5.35. The predicted octanol–water partition coefficient (Wildman–Crippen LogP) is 1.45. The molecular weight excluding hydrogens is 472 g/mol. The number of nitrogens with one attached hydrogen (secondary N) is 1. The Hall–Kier alpha value is -4.51. The molecule has 3 aromatic rings. The van der Waals surface area contributed by atoms with Crippen LogP contribution < -0.4 is 11.2 Å². The molecule has 186 valence electrons. The lowest BCUT2D eigenvalue weighted by Crippen LogP contribution is -2.42. The van der Waals surface area contributed by atoms with E-state index in [9.17, 15) is 24.0 Å². The van der Waals surface area contributed by atoms with E-state index in [-0.39, 0.29) is 12.2 Å². The molecule has 1 aromatic heterocycles. The second-order valence-electron chi connectivity index (χ2n) is 7.86. The molecule has 4 atom stereocenters. The van der Waals surface area contributed by atoms with Crippen molar-refractivity contribution in [3.05, 3.63) is 105 Å². The Morgan fingerprint density at radius 3 is 2.06 bits per heavy atom. The van der Waals surface area contributed by atoms with Gasteiger partial charge in [-0.2, -0.15) is 0 Å². The average Bonchev–Trinajstić information content (AvgIpc) is 3.19. The summed E-state index contributed by atoms with van der Waals surface area (Å²) in [5, 5.41) is 0. The van der Waals surface area contributed by atoms with Crippen molar-refractivity contribution in [1.29, 1.82) is 0 Å². The van der Waals surface area contributed by atoms with Crippen LogP contribution in [-0.4, -0.2) is 52.4 Å². The van der Waals surface area contributed by atoms with E-state index in [1.165, 1.54) is 12.1 Å². The summed E-state index contributed by atoms with van der Waals surface area (Å²) in [5.41, 5.74) is -0.958. The fourth-order valence-corrected chi connectivity index (χ4v) is 3.73. The molecule has 0 saturated carbocycles. The summed E-state index contributed by atoms with van der Waals surface area (Å²) in [7, 11) is 0. The lowest BCUT2D eigenvalue weighted by atomic mass is 10.1. The fourth-order valence-electron chi connectivity index (χ4n) is 3.73. The van der Waals surface area contributed by atoms with Gasteiger partial charge in [-0.15, -0.1) is 0 Å². The monoisotopic (exact) mass is 494 g/mol. The van der Waals surface area contributed by atoms with Gasteiger partial charge in [0.2, 0.25) is 0 Å². The van der Waals surface area contributed by atoms with Crippen molar-refractivity contribution >= 4 is 17.9 Å². The minimum Gasteiger partial charge on any atom is -0.459 e. The number of esters is 3. The first-order valence-electron chi connectivity index (χ1n) is 11.0. The number of rotatable bonds is 7. The molecule has 1 fully saturated rings. The second-order valence-corrected chi connectivity index (χ2v) is 7.86. The van der Waals surface area contributed by atoms with Crippen molar-refractivity contribution < 1.29 is 33.3 Å². The van der Waals surface area contributed by atoms with Crippen molar-refractivity contribution in [3.8, 4) is 0 Å². The van der Waals surface area contributed by atoms with Gasteiger partial charge in [-0.1, -0.05) is 36.4 Å². The van der Waals surface area contributed by atoms with E-state index in [0.29, 0.717) is 5.56 Å². The lowest BCUT2D eigenvalue weighted by Gasteiger charge is -2.24. The van der Waals surface area contributed by atoms with E-state index < -0.39 is 53.7 Å². The van der Waals surface area contributed by atoms with Gasteiger partial charge in [0.15, 0.2) is 18.4 Å². The highest BCUT2D eigenvalue weighted by molar-refractivity contribution is 5.90. The van der Waals surface area contributed by atoms with Crippen LogP contribution in [0.1, 0.15) is 33.9 Å². The number of carbonyl (C=O) groups excluding carboxylic acids is 3. The molecule has 11 heteroatoms. The summed E-state index contributed by atoms with van der Waals surface area (Å²) in [6, 6.07) is 17.4. The molecule has 0 unspecified atom stereocenters. The Morgan fingerprint density at radius 2 is 1.47 bits per heavy atom. The largest absolute Gasteiger partial charge is 0.459 e. The molecule has 0 spiro atoms. The zero-order valence-electron chi connectivity index (χ0n) is 19.1. The Kier molecular flexibility index (Phi) is 7.40. The van der Waals surface area contributed by atoms with Crippen LogP contribution in [0.3, 0.4) is 0 Å². The van der Waals surface area contributed by atoms with Gasteiger partial charge in [-0.3, -0.25) is 19.1 Å². The molecule has 1 aliphatic rings. The first-order chi connectivity index (χ1) is 17.3. The quantitative estimate of drug-likeness (QED) is 0.381. The highest BCUT2D eigenvalue weighted by atomic mass is 16.7. The van der Waals surface area contributed by atoms with E-state index in [4.69, 9.17) is 18.9 Å². The van der Waals surface area contributed by atoms with Crippen LogP contribution in [0.2, 0.25) is 0 Å². The van der Waals surface area contributed by atoms with Crippen molar-refractivity contribution in [3.63, 3.8) is 0 Å². The van der Waals surface area contributed by atoms with Crippen LogP contribution in [0.4, 0.5) is 0 Å². The number of hydrogen-bond acceptors (Lipinski definition) is 9. The van der Waals surface area contributed by atoms with Crippen molar-refractivity contribution in [1.82, 2.24) is 9.55 Å². The molecule has 2 aromatic carbocycles. The first-order valence-corrected chi connectivity index (χ1v) is 11.0. The maximum atomic E-state index is 12.8. The summed E-state index contributed by atoms with van der Waals surface area (Å²) in [5.74, 6) is -2.12. The van der Waals surface area contributed by atoms with Gasteiger partial charge < -0.3 is 18.9 Å². The van der Waals surface area contributed by atoms with Crippen LogP contribution in [0.25, 0.3) is 0 Å². The molecule has 0 bridgehead atoms. The van der Waals surface area contributed by atoms with Crippen molar-refractivity contribution in [2.45, 2.75) is 31.5 Å². The predicted molar refractivity (Wildman–Crippen MR) is 123 cm³/mol. The van der Waals surface area contributed by atoms with Crippen LogP contribution in [0.15, 0.2) is 82.5 Å². The number of nitrogens with zero attached hydrogens (tertiary/aromatic N) is 1. The molecule has 1 N–H and O–H groups in total.